The van der Waals surface area contributed by atoms with E-state index in [0.717, 1.165) is 0 Å². The van der Waals surface area contributed by atoms with E-state index >= 15 is 0 Å². The highest BCUT2D eigenvalue weighted by Crippen LogP contribution is 2.18. The lowest BCUT2D eigenvalue weighted by molar-refractivity contribution is 0.566. The van der Waals surface area contributed by atoms with Crippen LogP contribution in [0.2, 0.25) is 0 Å². The molecule has 0 amide bonds. The second kappa shape index (κ2) is 5.40. The molecule has 0 spiro atoms. The highest BCUT2D eigenvalue weighted by Gasteiger charge is 2.22. The van der Waals surface area contributed by atoms with E-state index < -0.39 is 14.6 Å². The van der Waals surface area contributed by atoms with Crippen molar-refractivity contribution >= 4 is 21.6 Å². The third kappa shape index (κ3) is 10.4. The molecule has 0 aliphatic heterocycles. The minimum absolute atomic E-state index is 0.458. The van der Waals surface area contributed by atoms with Crippen LogP contribution in [0.5, 0.6) is 0 Å². The number of hydrogen-bond acceptors (Lipinski definition) is 3. The Kier molecular flexibility index (Phi) is 6.45. The van der Waals surface area contributed by atoms with Crippen LogP contribution in [-0.2, 0) is 9.84 Å². The van der Waals surface area contributed by atoms with E-state index in [1.54, 1.807) is 20.8 Å². The van der Waals surface area contributed by atoms with Crippen molar-refractivity contribution in [3.8, 4) is 0 Å². The molecule has 2 nitrogen and oxygen atoms in total. The van der Waals surface area contributed by atoms with Crippen LogP contribution in [0, 0.1) is 0 Å². The predicted octanol–water partition coefficient (Wildman–Crippen LogP) is 2.98. The van der Waals surface area contributed by atoms with Crippen LogP contribution in [0.1, 0.15) is 41.5 Å². The van der Waals surface area contributed by atoms with Gasteiger partial charge in [0.25, 0.3) is 0 Å². The van der Waals surface area contributed by atoms with Crippen LogP contribution >= 0.6 is 11.8 Å². The van der Waals surface area contributed by atoms with Crippen LogP contribution in [0.15, 0.2) is 0 Å². The van der Waals surface area contributed by atoms with E-state index in [1.165, 1.54) is 6.26 Å². The van der Waals surface area contributed by atoms with Crippen LogP contribution < -0.4 is 0 Å². The second-order valence-corrected chi connectivity index (χ2v) is 9.60. The zero-order valence-electron chi connectivity index (χ0n) is 10.6. The summed E-state index contributed by atoms with van der Waals surface area (Å²) in [5.41, 5.74) is 0. The molecule has 0 aliphatic carbocycles. The number of rotatable bonds is 0. The fourth-order valence-electron chi connectivity index (χ4n) is 0. The Bertz CT molecular complexity index is 240. The minimum Gasteiger partial charge on any atom is -0.229 e. The van der Waals surface area contributed by atoms with Gasteiger partial charge in [0.1, 0.15) is 0 Å². The number of thioether (sulfide) groups is 1. The Labute approximate surface area is 93.8 Å². The van der Waals surface area contributed by atoms with E-state index in [0.29, 0.717) is 4.75 Å². The Balaban J connectivity index is 0. The summed E-state index contributed by atoms with van der Waals surface area (Å²) in [6.45, 7) is 11.7. The lowest BCUT2D eigenvalue weighted by atomic mass is 10.3. The molecule has 0 N–H and O–H groups in total. The molecule has 0 saturated heterocycles. The molecule has 0 rings (SSSR count). The summed E-state index contributed by atoms with van der Waals surface area (Å²) >= 11 is 1.88. The summed E-state index contributed by atoms with van der Waals surface area (Å²) in [6.07, 6.45) is 3.37. The third-order valence-corrected chi connectivity index (χ3v) is 5.17. The van der Waals surface area contributed by atoms with Crippen LogP contribution in [0.25, 0.3) is 0 Å². The molecule has 0 aliphatic rings. The van der Waals surface area contributed by atoms with Crippen LogP contribution in [-0.4, -0.2) is 30.4 Å². The Morgan fingerprint density at radius 3 is 1.07 bits per heavy atom. The van der Waals surface area contributed by atoms with Gasteiger partial charge in [0, 0.05) is 11.0 Å². The molecule has 14 heavy (non-hydrogen) atoms. The molecule has 4 heteroatoms. The van der Waals surface area contributed by atoms with Gasteiger partial charge in [-0.15, -0.1) is 0 Å². The molecule has 0 unspecified atom stereocenters. The van der Waals surface area contributed by atoms with Crippen molar-refractivity contribution in [2.45, 2.75) is 51.0 Å². The maximum atomic E-state index is 10.7. The zero-order chi connectivity index (χ0) is 12.2. The van der Waals surface area contributed by atoms with Gasteiger partial charge in [0.2, 0.25) is 0 Å². The molecule has 0 aromatic rings. The molecule has 88 valence electrons. The molecule has 0 bridgehead atoms. The van der Waals surface area contributed by atoms with Crippen LogP contribution in [0.4, 0.5) is 0 Å². The van der Waals surface area contributed by atoms with Crippen molar-refractivity contribution in [3.05, 3.63) is 0 Å². The lowest BCUT2D eigenvalue weighted by Gasteiger charge is -2.14. The molecule has 0 aromatic carbocycles. The highest BCUT2D eigenvalue weighted by atomic mass is 32.2. The number of sulfone groups is 1. The normalized spacial score (nSPS) is 13.1. The first-order valence-corrected chi connectivity index (χ1v) is 7.67. The van der Waals surface area contributed by atoms with E-state index in [2.05, 4.69) is 27.0 Å². The molecular formula is C10H24O2S2. The zero-order valence-corrected chi connectivity index (χ0v) is 12.3. The van der Waals surface area contributed by atoms with E-state index in [1.807, 2.05) is 11.8 Å². The van der Waals surface area contributed by atoms with Crippen molar-refractivity contribution in [2.24, 2.45) is 0 Å². The summed E-state index contributed by atoms with van der Waals surface area (Å²) in [5, 5.41) is 0. The van der Waals surface area contributed by atoms with Crippen molar-refractivity contribution in [2.75, 3.05) is 12.5 Å². The highest BCUT2D eigenvalue weighted by molar-refractivity contribution is 7.99. The smallest absolute Gasteiger partial charge is 0.152 e. The van der Waals surface area contributed by atoms with Crippen molar-refractivity contribution in [1.29, 1.82) is 0 Å². The second-order valence-electron chi connectivity index (χ2n) is 5.20. The average molecular weight is 240 g/mol. The fraction of sp³-hybridized carbons (Fsp3) is 1.00. The SMILES string of the molecule is CC(C)(C)S(C)(=O)=O.CSC(C)(C)C. The first kappa shape index (κ1) is 16.7. The molecule has 0 saturated carbocycles. The maximum absolute atomic E-state index is 10.7. The summed E-state index contributed by atoms with van der Waals surface area (Å²) in [7, 11) is -2.84. The first-order chi connectivity index (χ1) is 5.81. The Morgan fingerprint density at radius 2 is 1.07 bits per heavy atom. The molecule has 0 radical (unpaired) electrons. The van der Waals surface area contributed by atoms with E-state index in [-0.39, 0.29) is 0 Å². The van der Waals surface area contributed by atoms with Gasteiger partial charge in [-0.25, -0.2) is 8.42 Å². The average Bonchev–Trinajstić information content (AvgIpc) is 1.82. The monoisotopic (exact) mass is 240 g/mol. The van der Waals surface area contributed by atoms with Gasteiger partial charge in [0.15, 0.2) is 9.84 Å². The van der Waals surface area contributed by atoms with Gasteiger partial charge < -0.3 is 0 Å². The van der Waals surface area contributed by atoms with Crippen molar-refractivity contribution < 1.29 is 8.42 Å². The van der Waals surface area contributed by atoms with Gasteiger partial charge in [-0.2, -0.15) is 11.8 Å². The standard InChI is InChI=1S/C5H12O2S.C5H12S/c1-5(2,3)8(4,6)7;1-5(2,3)6-4/h1-4H3;1-4H3. The fourth-order valence-corrected chi connectivity index (χ4v) is 0. The Hall–Kier alpha value is 0.300. The van der Waals surface area contributed by atoms with Gasteiger partial charge in [-0.3, -0.25) is 0 Å². The van der Waals surface area contributed by atoms with Crippen molar-refractivity contribution in [3.63, 3.8) is 0 Å². The van der Waals surface area contributed by atoms with Gasteiger partial charge >= 0.3 is 0 Å². The quantitative estimate of drug-likeness (QED) is 0.653. The Morgan fingerprint density at radius 1 is 0.929 bits per heavy atom. The van der Waals surface area contributed by atoms with Crippen molar-refractivity contribution in [1.82, 2.24) is 0 Å². The van der Waals surface area contributed by atoms with Gasteiger partial charge in [-0.05, 0) is 27.0 Å². The molecule has 0 atom stereocenters. The minimum atomic E-state index is -2.84. The van der Waals surface area contributed by atoms with E-state index in [9.17, 15) is 8.42 Å². The molecular weight excluding hydrogens is 216 g/mol. The largest absolute Gasteiger partial charge is 0.229 e. The molecule has 0 fully saturated rings. The van der Waals surface area contributed by atoms with Gasteiger partial charge in [0.05, 0.1) is 4.75 Å². The summed E-state index contributed by atoms with van der Waals surface area (Å²) in [4.78, 5) is 0. The maximum Gasteiger partial charge on any atom is 0.152 e. The lowest BCUT2D eigenvalue weighted by Crippen LogP contribution is -2.26. The molecule has 0 heterocycles. The summed E-state index contributed by atoms with van der Waals surface area (Å²) < 4.78 is 21.2. The molecule has 0 aromatic heterocycles. The van der Waals surface area contributed by atoms with E-state index in [4.69, 9.17) is 0 Å². The summed E-state index contributed by atoms with van der Waals surface area (Å²) in [6, 6.07) is 0. The predicted molar refractivity (Wildman–Crippen MR) is 67.9 cm³/mol. The number of hydrogen-bond donors (Lipinski definition) is 0. The summed E-state index contributed by atoms with van der Waals surface area (Å²) in [5.74, 6) is 0. The topological polar surface area (TPSA) is 34.1 Å². The van der Waals surface area contributed by atoms with Gasteiger partial charge in [-0.1, -0.05) is 20.8 Å². The van der Waals surface area contributed by atoms with Crippen LogP contribution in [0.3, 0.4) is 0 Å². The third-order valence-electron chi connectivity index (χ3n) is 1.72. The first-order valence-electron chi connectivity index (χ1n) is 4.56.